The van der Waals surface area contributed by atoms with Crippen molar-refractivity contribution in [2.24, 2.45) is 5.92 Å². The molecule has 104 valence electrons. The number of hydrogen-bond acceptors (Lipinski definition) is 4. The third-order valence-corrected chi connectivity index (χ3v) is 4.70. The number of fused-ring (bicyclic) bond motifs is 1. The van der Waals surface area contributed by atoms with Crippen LogP contribution >= 0.6 is 24.4 Å². The largest absolute Gasteiger partial charge is 0.497 e. The number of thioether (sulfide) groups is 1. The zero-order chi connectivity index (χ0) is 13.7. The van der Waals surface area contributed by atoms with E-state index >= 15 is 0 Å². The topological polar surface area (TPSA) is 37.9 Å². The molecule has 1 N–H and O–H groups in total. The fourth-order valence-electron chi connectivity index (χ4n) is 1.99. The molecule has 0 bridgehead atoms. The highest BCUT2D eigenvalue weighted by atomic mass is 32.2. The molecule has 3 nitrogen and oxygen atoms in total. The number of imidazole rings is 1. The molecule has 0 radical (unpaired) electrons. The smallest absolute Gasteiger partial charge is 0.166 e. The van der Waals surface area contributed by atoms with E-state index in [-0.39, 0.29) is 0 Å². The Morgan fingerprint density at radius 1 is 1.47 bits per heavy atom. The van der Waals surface area contributed by atoms with Crippen LogP contribution in [-0.4, -0.2) is 28.6 Å². The normalized spacial score (nSPS) is 12.8. The third-order valence-electron chi connectivity index (χ3n) is 3.08. The molecule has 0 amide bonds. The predicted octanol–water partition coefficient (Wildman–Crippen LogP) is 4.01. The quantitative estimate of drug-likeness (QED) is 0.599. The highest BCUT2D eigenvalue weighted by molar-refractivity contribution is 7.99. The lowest BCUT2D eigenvalue weighted by Gasteiger charge is -2.10. The molecule has 0 saturated heterocycles. The van der Waals surface area contributed by atoms with E-state index in [1.807, 2.05) is 18.2 Å². The van der Waals surface area contributed by atoms with Crippen molar-refractivity contribution in [2.75, 3.05) is 18.6 Å². The Labute approximate surface area is 123 Å². The van der Waals surface area contributed by atoms with Gasteiger partial charge in [0.05, 0.1) is 18.1 Å². The van der Waals surface area contributed by atoms with Gasteiger partial charge in [-0.2, -0.15) is 12.6 Å². The molecule has 1 unspecified atom stereocenters. The van der Waals surface area contributed by atoms with Crippen molar-refractivity contribution in [3.05, 3.63) is 18.2 Å². The van der Waals surface area contributed by atoms with Crippen molar-refractivity contribution in [1.82, 2.24) is 9.97 Å². The van der Waals surface area contributed by atoms with E-state index < -0.39 is 0 Å². The first-order valence-electron chi connectivity index (χ1n) is 6.54. The van der Waals surface area contributed by atoms with E-state index in [9.17, 15) is 0 Å². The van der Waals surface area contributed by atoms with E-state index in [1.165, 1.54) is 12.8 Å². The minimum Gasteiger partial charge on any atom is -0.497 e. The van der Waals surface area contributed by atoms with Crippen LogP contribution in [0.15, 0.2) is 23.4 Å². The van der Waals surface area contributed by atoms with Crippen molar-refractivity contribution in [1.29, 1.82) is 0 Å². The van der Waals surface area contributed by atoms with Gasteiger partial charge in [-0.05, 0) is 30.2 Å². The van der Waals surface area contributed by atoms with Gasteiger partial charge in [0.15, 0.2) is 5.16 Å². The number of aromatic nitrogens is 2. The maximum atomic E-state index is 5.21. The Hall–Kier alpha value is -0.810. The van der Waals surface area contributed by atoms with Crippen LogP contribution in [-0.2, 0) is 0 Å². The Bertz CT molecular complexity index is 527. The fraction of sp³-hybridized carbons (Fsp3) is 0.500. The lowest BCUT2D eigenvalue weighted by Crippen LogP contribution is -2.05. The number of methoxy groups -OCH3 is 1. The van der Waals surface area contributed by atoms with Gasteiger partial charge < -0.3 is 9.72 Å². The molecule has 5 heteroatoms. The summed E-state index contributed by atoms with van der Waals surface area (Å²) in [6.07, 6.45) is 2.44. The molecule has 1 atom stereocenters. The van der Waals surface area contributed by atoms with Crippen LogP contribution in [0.1, 0.15) is 19.8 Å². The molecule has 1 aromatic carbocycles. The Kier molecular flexibility index (Phi) is 5.45. The van der Waals surface area contributed by atoms with Gasteiger partial charge in [-0.25, -0.2) is 4.98 Å². The van der Waals surface area contributed by atoms with E-state index in [1.54, 1.807) is 18.9 Å². The summed E-state index contributed by atoms with van der Waals surface area (Å²) >= 11 is 6.19. The fourth-order valence-corrected chi connectivity index (χ4v) is 3.50. The number of aromatic amines is 1. The van der Waals surface area contributed by atoms with Gasteiger partial charge in [-0.3, -0.25) is 0 Å². The first-order chi connectivity index (χ1) is 9.26. The number of ether oxygens (including phenoxy) is 1. The van der Waals surface area contributed by atoms with Crippen LogP contribution in [0.4, 0.5) is 0 Å². The highest BCUT2D eigenvalue weighted by Crippen LogP contribution is 2.25. The van der Waals surface area contributed by atoms with Crippen molar-refractivity contribution >= 4 is 35.4 Å². The van der Waals surface area contributed by atoms with Gasteiger partial charge in [0, 0.05) is 11.8 Å². The van der Waals surface area contributed by atoms with Gasteiger partial charge in [0.1, 0.15) is 5.75 Å². The summed E-state index contributed by atoms with van der Waals surface area (Å²) in [5, 5.41) is 0.978. The number of benzene rings is 1. The summed E-state index contributed by atoms with van der Waals surface area (Å²) in [6.45, 7) is 2.22. The SMILES string of the molecule is CCCC(CS)CSc1nc2ccc(OC)cc2[nH]1. The van der Waals surface area contributed by atoms with Gasteiger partial charge >= 0.3 is 0 Å². The third kappa shape index (κ3) is 3.83. The van der Waals surface area contributed by atoms with Crippen LogP contribution in [0.2, 0.25) is 0 Å². The second kappa shape index (κ2) is 7.10. The van der Waals surface area contributed by atoms with Crippen LogP contribution < -0.4 is 4.74 Å². The van der Waals surface area contributed by atoms with E-state index in [4.69, 9.17) is 4.74 Å². The molecule has 0 spiro atoms. The number of thiol groups is 1. The molecule has 1 aromatic heterocycles. The lowest BCUT2D eigenvalue weighted by atomic mass is 10.1. The minimum absolute atomic E-state index is 0.654. The second-order valence-electron chi connectivity index (χ2n) is 4.57. The summed E-state index contributed by atoms with van der Waals surface area (Å²) in [5.74, 6) is 3.51. The molecular weight excluding hydrogens is 276 g/mol. The molecule has 0 aliphatic heterocycles. The van der Waals surface area contributed by atoms with Crippen molar-refractivity contribution in [2.45, 2.75) is 24.9 Å². The number of H-pyrrole nitrogens is 1. The summed E-state index contributed by atoms with van der Waals surface area (Å²) in [5.41, 5.74) is 2.01. The summed E-state index contributed by atoms with van der Waals surface area (Å²) < 4.78 is 5.21. The maximum Gasteiger partial charge on any atom is 0.166 e. The monoisotopic (exact) mass is 296 g/mol. The number of hydrogen-bond donors (Lipinski definition) is 2. The van der Waals surface area contributed by atoms with Crippen molar-refractivity contribution < 1.29 is 4.74 Å². The molecule has 0 aliphatic rings. The molecule has 0 fully saturated rings. The molecule has 1 heterocycles. The standard InChI is InChI=1S/C14H20N2OS2/c1-3-4-10(8-18)9-19-14-15-12-6-5-11(17-2)7-13(12)16-14/h5-7,10,18H,3-4,8-9H2,1-2H3,(H,15,16). The Balaban J connectivity index is 2.04. The van der Waals surface area contributed by atoms with Gasteiger partial charge in [0.2, 0.25) is 0 Å². The maximum absolute atomic E-state index is 5.21. The Morgan fingerprint density at radius 3 is 3.00 bits per heavy atom. The van der Waals surface area contributed by atoms with Crippen LogP contribution in [0.25, 0.3) is 11.0 Å². The molecule has 19 heavy (non-hydrogen) atoms. The first kappa shape index (κ1) is 14.6. The molecular formula is C14H20N2OS2. The number of nitrogens with zero attached hydrogens (tertiary/aromatic N) is 1. The van der Waals surface area contributed by atoms with Gasteiger partial charge in [-0.1, -0.05) is 25.1 Å². The van der Waals surface area contributed by atoms with Crippen LogP contribution in [0.5, 0.6) is 5.75 Å². The van der Waals surface area contributed by atoms with E-state index in [2.05, 4.69) is 29.5 Å². The number of rotatable bonds is 7. The Morgan fingerprint density at radius 2 is 2.32 bits per heavy atom. The van der Waals surface area contributed by atoms with Gasteiger partial charge in [0.25, 0.3) is 0 Å². The predicted molar refractivity (Wildman–Crippen MR) is 85.6 cm³/mol. The van der Waals surface area contributed by atoms with Crippen LogP contribution in [0, 0.1) is 5.92 Å². The van der Waals surface area contributed by atoms with Crippen molar-refractivity contribution in [3.63, 3.8) is 0 Å². The lowest BCUT2D eigenvalue weighted by molar-refractivity contribution is 0.415. The minimum atomic E-state index is 0.654. The summed E-state index contributed by atoms with van der Waals surface area (Å²) in [4.78, 5) is 7.92. The van der Waals surface area contributed by atoms with Crippen LogP contribution in [0.3, 0.4) is 0 Å². The molecule has 2 rings (SSSR count). The summed E-state index contributed by atoms with van der Waals surface area (Å²) in [6, 6.07) is 5.90. The zero-order valence-corrected chi connectivity index (χ0v) is 13.1. The second-order valence-corrected chi connectivity index (χ2v) is 5.95. The van der Waals surface area contributed by atoms with Crippen molar-refractivity contribution in [3.8, 4) is 5.75 Å². The molecule has 0 saturated carbocycles. The van der Waals surface area contributed by atoms with E-state index in [0.29, 0.717) is 5.92 Å². The average molecular weight is 296 g/mol. The zero-order valence-electron chi connectivity index (χ0n) is 11.3. The molecule has 0 aliphatic carbocycles. The highest BCUT2D eigenvalue weighted by Gasteiger charge is 2.09. The summed E-state index contributed by atoms with van der Waals surface area (Å²) in [7, 11) is 1.68. The number of nitrogens with one attached hydrogen (secondary N) is 1. The van der Waals surface area contributed by atoms with Gasteiger partial charge in [-0.15, -0.1) is 0 Å². The average Bonchev–Trinajstić information content (AvgIpc) is 2.84. The van der Waals surface area contributed by atoms with E-state index in [0.717, 1.165) is 33.4 Å². The molecule has 2 aromatic rings. The first-order valence-corrected chi connectivity index (χ1v) is 8.16.